The molecule has 0 atom stereocenters. The van der Waals surface area contributed by atoms with Gasteiger partial charge in [0.25, 0.3) is 0 Å². The van der Waals surface area contributed by atoms with Crippen LogP contribution in [-0.2, 0) is 0 Å². The van der Waals surface area contributed by atoms with Crippen LogP contribution in [-0.4, -0.2) is 23.4 Å². The molecule has 0 aromatic heterocycles. The van der Waals surface area contributed by atoms with Crippen LogP contribution in [0.3, 0.4) is 0 Å². The van der Waals surface area contributed by atoms with Crippen LogP contribution in [0.5, 0.6) is 5.75 Å². The number of rotatable bonds is 11. The Labute approximate surface area is 193 Å². The Bertz CT molecular complexity index is 1050. The summed E-state index contributed by atoms with van der Waals surface area (Å²) < 4.78 is 5.57. The van der Waals surface area contributed by atoms with E-state index in [-0.39, 0.29) is 0 Å². The molecule has 0 aliphatic rings. The number of carbonyl (C=O) groups is 1. The van der Waals surface area contributed by atoms with Gasteiger partial charge < -0.3 is 9.84 Å². The van der Waals surface area contributed by atoms with E-state index >= 15 is 0 Å². The molecule has 4 nitrogen and oxygen atoms in total. The van der Waals surface area contributed by atoms with Crippen molar-refractivity contribution < 1.29 is 14.6 Å². The van der Waals surface area contributed by atoms with Gasteiger partial charge in [0.1, 0.15) is 12.4 Å². The minimum atomic E-state index is -0.913. The van der Waals surface area contributed by atoms with Gasteiger partial charge in [0, 0.05) is 11.3 Å². The van der Waals surface area contributed by atoms with Crippen LogP contribution in [0, 0.1) is 23.2 Å². The summed E-state index contributed by atoms with van der Waals surface area (Å²) in [5, 5.41) is 17.9. The molecule has 162 valence electrons. The van der Waals surface area contributed by atoms with E-state index in [0.717, 1.165) is 23.5 Å². The maximum absolute atomic E-state index is 11.2. The second-order valence-electron chi connectivity index (χ2n) is 6.48. The molecular weight excluding hydrogens is 418 g/mol. The van der Waals surface area contributed by atoms with Crippen molar-refractivity contribution >= 4 is 17.7 Å². The first-order chi connectivity index (χ1) is 15.7. The predicted molar refractivity (Wildman–Crippen MR) is 130 cm³/mol. The van der Waals surface area contributed by atoms with E-state index in [4.69, 9.17) is 15.1 Å². The average molecular weight is 444 g/mol. The summed E-state index contributed by atoms with van der Waals surface area (Å²) in [6.45, 7) is 0.499. The second kappa shape index (κ2) is 15.2. The van der Waals surface area contributed by atoms with E-state index < -0.39 is 5.97 Å². The Balaban J connectivity index is 1.53. The van der Waals surface area contributed by atoms with Crippen LogP contribution in [0.4, 0.5) is 0 Å². The number of hydrogen-bond acceptors (Lipinski definition) is 4. The number of hydrogen-bond donors (Lipinski definition) is 1. The van der Waals surface area contributed by atoms with Crippen molar-refractivity contribution in [2.75, 3.05) is 12.4 Å². The highest BCUT2D eigenvalue weighted by Gasteiger charge is 2.08. The number of nitrogens with zero attached hydrogens (tertiary/aromatic N) is 1. The molecule has 0 fully saturated rings. The first kappa shape index (κ1) is 24.6. The largest absolute Gasteiger partial charge is 0.490 e. The molecule has 0 aliphatic carbocycles. The number of carboxylic acids is 1. The summed E-state index contributed by atoms with van der Waals surface area (Å²) in [5.41, 5.74) is 0.942. The fourth-order valence-corrected chi connectivity index (χ4v) is 3.34. The number of benzene rings is 2. The number of thioether (sulfide) groups is 1. The molecule has 2 aromatic rings. The average Bonchev–Trinajstić information content (AvgIpc) is 2.82. The first-order valence-electron chi connectivity index (χ1n) is 10.2. The SMILES string of the molecule is N#Cc1ccc(OC/C=C\C/C=C\C/C=C\CC#CCSc2ccccc2C(=O)O)cc1. The van der Waals surface area contributed by atoms with Gasteiger partial charge in [0.15, 0.2) is 0 Å². The van der Waals surface area contributed by atoms with E-state index in [2.05, 4.69) is 42.2 Å². The van der Waals surface area contributed by atoms with E-state index in [0.29, 0.717) is 29.9 Å². The Hall–Kier alpha value is -3.67. The maximum atomic E-state index is 11.2. The lowest BCUT2D eigenvalue weighted by atomic mass is 10.2. The number of aromatic carboxylic acids is 1. The molecule has 2 rings (SSSR count). The summed E-state index contributed by atoms with van der Waals surface area (Å²) >= 11 is 1.44. The van der Waals surface area contributed by atoms with Gasteiger partial charge in [-0.05, 0) is 49.2 Å². The van der Waals surface area contributed by atoms with Crippen LogP contribution >= 0.6 is 11.8 Å². The molecule has 0 heterocycles. The summed E-state index contributed by atoms with van der Waals surface area (Å²) in [7, 11) is 0. The standard InChI is InChI=1S/C27H25NO3S/c28-22-23-16-18-24(19-17-23)31-20-12-8-6-4-2-1-3-5-7-9-13-21-32-26-15-11-10-14-25(26)27(29)30/h2-5,8,10-12,14-19H,1,6-7,20-21H2,(H,29,30)/b4-2-,5-3-,12-8-. The third-order valence-corrected chi connectivity index (χ3v) is 5.09. The van der Waals surface area contributed by atoms with E-state index in [9.17, 15) is 4.79 Å². The highest BCUT2D eigenvalue weighted by Crippen LogP contribution is 2.22. The molecule has 0 spiro atoms. The van der Waals surface area contributed by atoms with Gasteiger partial charge in [-0.3, -0.25) is 0 Å². The summed E-state index contributed by atoms with van der Waals surface area (Å²) in [4.78, 5) is 11.9. The van der Waals surface area contributed by atoms with Crippen molar-refractivity contribution in [2.24, 2.45) is 0 Å². The molecule has 0 amide bonds. The normalized spacial score (nSPS) is 10.8. The molecule has 5 heteroatoms. The number of nitriles is 1. The van der Waals surface area contributed by atoms with Gasteiger partial charge in [0.2, 0.25) is 0 Å². The second-order valence-corrected chi connectivity index (χ2v) is 7.50. The van der Waals surface area contributed by atoms with Crippen LogP contribution in [0.25, 0.3) is 0 Å². The van der Waals surface area contributed by atoms with Gasteiger partial charge in [-0.25, -0.2) is 4.79 Å². The third-order valence-electron chi connectivity index (χ3n) is 4.14. The molecule has 0 radical (unpaired) electrons. The Kier molecular flexibility index (Phi) is 11.7. The van der Waals surface area contributed by atoms with E-state index in [1.165, 1.54) is 11.8 Å². The smallest absolute Gasteiger partial charge is 0.336 e. The van der Waals surface area contributed by atoms with Crippen molar-refractivity contribution in [3.8, 4) is 23.7 Å². The zero-order chi connectivity index (χ0) is 22.9. The lowest BCUT2D eigenvalue weighted by Crippen LogP contribution is -1.98. The fraction of sp³-hybridized carbons (Fsp3) is 0.185. The predicted octanol–water partition coefficient (Wildman–Crippen LogP) is 6.27. The lowest BCUT2D eigenvalue weighted by molar-refractivity contribution is 0.0693. The van der Waals surface area contributed by atoms with Gasteiger partial charge in [-0.15, -0.1) is 11.8 Å². The molecular formula is C27H25NO3S. The molecule has 0 saturated heterocycles. The summed E-state index contributed by atoms with van der Waals surface area (Å²) in [6, 6.07) is 16.1. The first-order valence-corrected chi connectivity index (χ1v) is 11.2. The van der Waals surface area contributed by atoms with E-state index in [1.54, 1.807) is 42.5 Å². The molecule has 0 unspecified atom stereocenters. The monoisotopic (exact) mass is 443 g/mol. The Morgan fingerprint density at radius 2 is 1.62 bits per heavy atom. The van der Waals surface area contributed by atoms with Crippen molar-refractivity contribution in [1.82, 2.24) is 0 Å². The quantitative estimate of drug-likeness (QED) is 0.252. The summed E-state index contributed by atoms with van der Waals surface area (Å²) in [5.74, 6) is 6.55. The van der Waals surface area contributed by atoms with Gasteiger partial charge in [-0.2, -0.15) is 5.26 Å². The van der Waals surface area contributed by atoms with Crippen LogP contribution in [0.15, 0.2) is 89.9 Å². The molecule has 0 aliphatic heterocycles. The molecule has 0 bridgehead atoms. The van der Waals surface area contributed by atoms with Gasteiger partial charge in [-0.1, -0.05) is 60.4 Å². The van der Waals surface area contributed by atoms with Crippen LogP contribution < -0.4 is 4.74 Å². The van der Waals surface area contributed by atoms with Crippen LogP contribution in [0.2, 0.25) is 0 Å². The highest BCUT2D eigenvalue weighted by atomic mass is 32.2. The molecule has 1 N–H and O–H groups in total. The Morgan fingerprint density at radius 1 is 0.938 bits per heavy atom. The molecule has 32 heavy (non-hydrogen) atoms. The zero-order valence-electron chi connectivity index (χ0n) is 17.7. The van der Waals surface area contributed by atoms with Crippen molar-refractivity contribution in [3.05, 3.63) is 96.1 Å². The van der Waals surface area contributed by atoms with Gasteiger partial charge in [0.05, 0.1) is 22.9 Å². The van der Waals surface area contributed by atoms with Crippen LogP contribution in [0.1, 0.15) is 35.2 Å². The Morgan fingerprint density at radius 3 is 2.34 bits per heavy atom. The number of ether oxygens (including phenoxy) is 1. The number of allylic oxidation sites excluding steroid dienone is 5. The van der Waals surface area contributed by atoms with Gasteiger partial charge >= 0.3 is 5.97 Å². The van der Waals surface area contributed by atoms with Crippen molar-refractivity contribution in [2.45, 2.75) is 24.2 Å². The number of carboxylic acid groups (broad SMARTS) is 1. The van der Waals surface area contributed by atoms with Crippen molar-refractivity contribution in [3.63, 3.8) is 0 Å². The minimum Gasteiger partial charge on any atom is -0.490 e. The third kappa shape index (κ3) is 9.89. The molecule has 0 saturated carbocycles. The van der Waals surface area contributed by atoms with E-state index in [1.807, 2.05) is 18.2 Å². The van der Waals surface area contributed by atoms with Crippen molar-refractivity contribution in [1.29, 1.82) is 5.26 Å². The highest BCUT2D eigenvalue weighted by molar-refractivity contribution is 7.99. The molecule has 2 aromatic carbocycles. The topological polar surface area (TPSA) is 70.3 Å². The fourth-order valence-electron chi connectivity index (χ4n) is 2.53. The summed E-state index contributed by atoms with van der Waals surface area (Å²) in [6.07, 6.45) is 14.7. The maximum Gasteiger partial charge on any atom is 0.336 e. The minimum absolute atomic E-state index is 0.319. The lowest BCUT2D eigenvalue weighted by Gasteiger charge is -2.01. The zero-order valence-corrected chi connectivity index (χ0v) is 18.6.